The minimum absolute atomic E-state index is 0.0525. The van der Waals surface area contributed by atoms with E-state index in [-0.39, 0.29) is 17.6 Å². The third-order valence-corrected chi connectivity index (χ3v) is 3.26. The highest BCUT2D eigenvalue weighted by atomic mass is 19.1. The Morgan fingerprint density at radius 1 is 1.30 bits per heavy atom. The Morgan fingerprint density at radius 2 is 2.10 bits per heavy atom. The van der Waals surface area contributed by atoms with Crippen molar-refractivity contribution in [1.29, 1.82) is 0 Å². The van der Waals surface area contributed by atoms with E-state index >= 15 is 0 Å². The molecule has 1 aromatic carbocycles. The van der Waals surface area contributed by atoms with Gasteiger partial charge in [0.1, 0.15) is 0 Å². The standard InChI is InChI=1S/C16H19FN2O/c1-11-4-5-13(9-18-11)10-19-12(2)14-6-7-16(20-3)15(17)8-14/h4-9,12,19H,10H2,1-3H3. The summed E-state index contributed by atoms with van der Waals surface area (Å²) in [5.74, 6) is -0.0701. The maximum Gasteiger partial charge on any atom is 0.165 e. The summed E-state index contributed by atoms with van der Waals surface area (Å²) in [5, 5.41) is 3.35. The van der Waals surface area contributed by atoms with Gasteiger partial charge in [0.15, 0.2) is 11.6 Å². The first-order chi connectivity index (χ1) is 9.60. The monoisotopic (exact) mass is 274 g/mol. The lowest BCUT2D eigenvalue weighted by Crippen LogP contribution is -2.18. The van der Waals surface area contributed by atoms with E-state index in [9.17, 15) is 4.39 Å². The van der Waals surface area contributed by atoms with Crippen molar-refractivity contribution in [2.75, 3.05) is 7.11 Å². The molecule has 2 rings (SSSR count). The molecule has 0 aliphatic rings. The van der Waals surface area contributed by atoms with Gasteiger partial charge >= 0.3 is 0 Å². The van der Waals surface area contributed by atoms with E-state index in [4.69, 9.17) is 4.74 Å². The second-order valence-corrected chi connectivity index (χ2v) is 4.80. The Kier molecular flexibility index (Phi) is 4.69. The smallest absolute Gasteiger partial charge is 0.165 e. The van der Waals surface area contributed by atoms with Gasteiger partial charge in [0.2, 0.25) is 0 Å². The molecule has 0 saturated heterocycles. The molecule has 0 spiro atoms. The molecule has 2 aromatic rings. The quantitative estimate of drug-likeness (QED) is 0.907. The number of nitrogens with zero attached hydrogens (tertiary/aromatic N) is 1. The molecule has 1 atom stereocenters. The Bertz CT molecular complexity index is 569. The number of rotatable bonds is 5. The van der Waals surface area contributed by atoms with E-state index in [1.54, 1.807) is 6.07 Å². The molecule has 20 heavy (non-hydrogen) atoms. The number of aryl methyl sites for hydroxylation is 1. The number of aromatic nitrogens is 1. The van der Waals surface area contributed by atoms with Crippen molar-refractivity contribution in [2.24, 2.45) is 0 Å². The minimum Gasteiger partial charge on any atom is -0.494 e. The molecule has 1 N–H and O–H groups in total. The van der Waals surface area contributed by atoms with Gasteiger partial charge in [0, 0.05) is 24.5 Å². The molecule has 0 fully saturated rings. The van der Waals surface area contributed by atoms with Crippen molar-refractivity contribution < 1.29 is 9.13 Å². The Labute approximate surface area is 118 Å². The second-order valence-electron chi connectivity index (χ2n) is 4.80. The van der Waals surface area contributed by atoms with Crippen LogP contribution in [0.5, 0.6) is 5.75 Å². The predicted octanol–water partition coefficient (Wildman–Crippen LogP) is 3.39. The van der Waals surface area contributed by atoms with E-state index in [0.717, 1.165) is 16.8 Å². The molecule has 3 nitrogen and oxygen atoms in total. The third-order valence-electron chi connectivity index (χ3n) is 3.26. The molecule has 1 heterocycles. The topological polar surface area (TPSA) is 34.1 Å². The average Bonchev–Trinajstić information content (AvgIpc) is 2.46. The van der Waals surface area contributed by atoms with Crippen LogP contribution in [0.2, 0.25) is 0 Å². The molecule has 0 saturated carbocycles. The van der Waals surface area contributed by atoms with Crippen LogP contribution in [0.4, 0.5) is 4.39 Å². The maximum atomic E-state index is 13.7. The van der Waals surface area contributed by atoms with E-state index in [1.165, 1.54) is 13.2 Å². The zero-order valence-corrected chi connectivity index (χ0v) is 12.0. The normalized spacial score (nSPS) is 12.2. The van der Waals surface area contributed by atoms with Gasteiger partial charge in [-0.1, -0.05) is 12.1 Å². The van der Waals surface area contributed by atoms with E-state index in [2.05, 4.69) is 10.3 Å². The molecule has 106 valence electrons. The summed E-state index contributed by atoms with van der Waals surface area (Å²) in [6.45, 7) is 4.66. The number of pyridine rings is 1. The van der Waals surface area contributed by atoms with Gasteiger partial charge in [0.25, 0.3) is 0 Å². The van der Waals surface area contributed by atoms with E-state index in [0.29, 0.717) is 6.54 Å². The molecule has 4 heteroatoms. The van der Waals surface area contributed by atoms with Crippen molar-refractivity contribution in [3.63, 3.8) is 0 Å². The number of methoxy groups -OCH3 is 1. The van der Waals surface area contributed by atoms with E-state index in [1.807, 2.05) is 38.2 Å². The molecule has 0 bridgehead atoms. The zero-order valence-electron chi connectivity index (χ0n) is 12.0. The minimum atomic E-state index is -0.337. The lowest BCUT2D eigenvalue weighted by atomic mass is 10.1. The fourth-order valence-corrected chi connectivity index (χ4v) is 1.94. The molecule has 0 aliphatic carbocycles. The fourth-order valence-electron chi connectivity index (χ4n) is 1.94. The largest absolute Gasteiger partial charge is 0.494 e. The van der Waals surface area contributed by atoms with Gasteiger partial charge in [-0.05, 0) is 43.2 Å². The molecular formula is C16H19FN2O. The first kappa shape index (κ1) is 14.5. The SMILES string of the molecule is COc1ccc(C(C)NCc2ccc(C)nc2)cc1F. The summed E-state index contributed by atoms with van der Waals surface area (Å²) < 4.78 is 18.6. The van der Waals surface area contributed by atoms with Crippen LogP contribution in [-0.2, 0) is 6.54 Å². The average molecular weight is 274 g/mol. The molecule has 0 aliphatic heterocycles. The van der Waals surface area contributed by atoms with Crippen molar-refractivity contribution >= 4 is 0 Å². The van der Waals surface area contributed by atoms with Crippen LogP contribution >= 0.6 is 0 Å². The molecule has 0 radical (unpaired) electrons. The molecular weight excluding hydrogens is 255 g/mol. The molecule has 1 unspecified atom stereocenters. The van der Waals surface area contributed by atoms with Gasteiger partial charge in [0.05, 0.1) is 7.11 Å². The highest BCUT2D eigenvalue weighted by Gasteiger charge is 2.09. The fraction of sp³-hybridized carbons (Fsp3) is 0.312. The summed E-state index contributed by atoms with van der Waals surface area (Å²) in [6, 6.07) is 9.09. The summed E-state index contributed by atoms with van der Waals surface area (Å²) >= 11 is 0. The number of ether oxygens (including phenoxy) is 1. The summed E-state index contributed by atoms with van der Waals surface area (Å²) in [7, 11) is 1.46. The number of halogens is 1. The number of nitrogens with one attached hydrogen (secondary N) is 1. The molecule has 0 amide bonds. The summed E-state index contributed by atoms with van der Waals surface area (Å²) in [4.78, 5) is 4.25. The highest BCUT2D eigenvalue weighted by molar-refractivity contribution is 5.30. The van der Waals surface area contributed by atoms with Crippen molar-refractivity contribution in [3.8, 4) is 5.75 Å². The van der Waals surface area contributed by atoms with Crippen LogP contribution in [0.25, 0.3) is 0 Å². The maximum absolute atomic E-state index is 13.7. The Hall–Kier alpha value is -1.94. The summed E-state index contributed by atoms with van der Waals surface area (Å²) in [5.41, 5.74) is 3.00. The van der Waals surface area contributed by atoms with Crippen LogP contribution in [-0.4, -0.2) is 12.1 Å². The predicted molar refractivity (Wildman–Crippen MR) is 77.2 cm³/mol. The van der Waals surface area contributed by atoms with Gasteiger partial charge in [-0.15, -0.1) is 0 Å². The Morgan fingerprint density at radius 3 is 2.70 bits per heavy atom. The lowest BCUT2D eigenvalue weighted by Gasteiger charge is -2.15. The van der Waals surface area contributed by atoms with Gasteiger partial charge < -0.3 is 10.1 Å². The van der Waals surface area contributed by atoms with Crippen LogP contribution in [0.1, 0.15) is 29.8 Å². The van der Waals surface area contributed by atoms with Gasteiger partial charge in [-0.3, -0.25) is 4.98 Å². The highest BCUT2D eigenvalue weighted by Crippen LogP contribution is 2.21. The van der Waals surface area contributed by atoms with Crippen LogP contribution in [0.3, 0.4) is 0 Å². The zero-order chi connectivity index (χ0) is 14.5. The van der Waals surface area contributed by atoms with Gasteiger partial charge in [-0.25, -0.2) is 4.39 Å². The third kappa shape index (κ3) is 3.54. The number of hydrogen-bond acceptors (Lipinski definition) is 3. The van der Waals surface area contributed by atoms with Gasteiger partial charge in [-0.2, -0.15) is 0 Å². The van der Waals surface area contributed by atoms with Crippen molar-refractivity contribution in [3.05, 3.63) is 59.2 Å². The number of hydrogen-bond donors (Lipinski definition) is 1. The van der Waals surface area contributed by atoms with Crippen LogP contribution in [0.15, 0.2) is 36.5 Å². The lowest BCUT2D eigenvalue weighted by molar-refractivity contribution is 0.385. The van der Waals surface area contributed by atoms with E-state index < -0.39 is 0 Å². The Balaban J connectivity index is 1.99. The second kappa shape index (κ2) is 6.48. The van der Waals surface area contributed by atoms with Crippen LogP contribution in [0, 0.1) is 12.7 Å². The summed E-state index contributed by atoms with van der Waals surface area (Å²) in [6.07, 6.45) is 1.85. The molecule has 1 aromatic heterocycles. The first-order valence-electron chi connectivity index (χ1n) is 6.58. The van der Waals surface area contributed by atoms with Crippen molar-refractivity contribution in [2.45, 2.75) is 26.4 Å². The first-order valence-corrected chi connectivity index (χ1v) is 6.58. The van der Waals surface area contributed by atoms with Crippen LogP contribution < -0.4 is 10.1 Å². The van der Waals surface area contributed by atoms with Crippen molar-refractivity contribution in [1.82, 2.24) is 10.3 Å². The number of benzene rings is 1.